The van der Waals surface area contributed by atoms with Gasteiger partial charge in [-0.05, 0) is 44.7 Å². The molecule has 1 N–H and O–H groups in total. The highest BCUT2D eigenvalue weighted by atomic mass is 16.5. The molecule has 1 atom stereocenters. The van der Waals surface area contributed by atoms with E-state index in [0.29, 0.717) is 28.9 Å². The van der Waals surface area contributed by atoms with Crippen LogP contribution < -0.4 is 10.1 Å². The molecule has 128 valence electrons. The molecule has 0 bridgehead atoms. The highest BCUT2D eigenvalue weighted by Crippen LogP contribution is 2.32. The Morgan fingerprint density at radius 1 is 1.44 bits per heavy atom. The molecule has 3 heterocycles. The summed E-state index contributed by atoms with van der Waals surface area (Å²) in [6.45, 7) is 3.95. The van der Waals surface area contributed by atoms with Crippen molar-refractivity contribution < 1.29 is 9.53 Å². The first-order valence-electron chi connectivity index (χ1n) is 8.35. The third-order valence-electron chi connectivity index (χ3n) is 4.43. The predicted octanol–water partition coefficient (Wildman–Crippen LogP) is 2.75. The molecule has 0 aromatic carbocycles. The van der Waals surface area contributed by atoms with Crippen molar-refractivity contribution in [2.75, 3.05) is 0 Å². The lowest BCUT2D eigenvalue weighted by Crippen LogP contribution is -2.34. The Hall–Kier alpha value is -2.96. The van der Waals surface area contributed by atoms with Gasteiger partial charge in [0.25, 0.3) is 5.91 Å². The van der Waals surface area contributed by atoms with Crippen LogP contribution in [0.25, 0.3) is 5.65 Å². The first-order valence-corrected chi connectivity index (χ1v) is 8.35. The van der Waals surface area contributed by atoms with Gasteiger partial charge in [-0.1, -0.05) is 0 Å². The lowest BCUT2D eigenvalue weighted by Gasteiger charge is -2.12. The number of amides is 1. The Balaban J connectivity index is 1.65. The highest BCUT2D eigenvalue weighted by molar-refractivity contribution is 5.98. The summed E-state index contributed by atoms with van der Waals surface area (Å²) < 4.78 is 7.54. The number of aromatic nitrogens is 4. The monoisotopic (exact) mass is 337 g/mol. The van der Waals surface area contributed by atoms with Gasteiger partial charge < -0.3 is 10.1 Å². The number of carbonyl (C=O) groups is 1. The molecule has 0 spiro atoms. The zero-order valence-corrected chi connectivity index (χ0v) is 14.1. The van der Waals surface area contributed by atoms with E-state index in [1.54, 1.807) is 41.3 Å². The van der Waals surface area contributed by atoms with Crippen LogP contribution in [0.4, 0.5) is 0 Å². The highest BCUT2D eigenvalue weighted by Gasteiger charge is 2.30. The molecule has 1 amide bonds. The van der Waals surface area contributed by atoms with Crippen LogP contribution in [0.5, 0.6) is 11.6 Å². The fourth-order valence-electron chi connectivity index (χ4n) is 2.82. The van der Waals surface area contributed by atoms with E-state index in [9.17, 15) is 4.79 Å². The Morgan fingerprint density at radius 3 is 3.00 bits per heavy atom. The zero-order chi connectivity index (χ0) is 17.4. The van der Waals surface area contributed by atoms with Gasteiger partial charge in [-0.15, -0.1) is 0 Å². The molecular weight excluding hydrogens is 318 g/mol. The van der Waals surface area contributed by atoms with E-state index in [4.69, 9.17) is 4.74 Å². The normalized spacial score (nSPS) is 15.1. The molecule has 4 rings (SSSR count). The van der Waals surface area contributed by atoms with Crippen molar-refractivity contribution in [3.8, 4) is 11.6 Å². The molecule has 3 aromatic rings. The smallest absolute Gasteiger partial charge is 0.274 e. The van der Waals surface area contributed by atoms with Gasteiger partial charge in [0, 0.05) is 24.0 Å². The van der Waals surface area contributed by atoms with Crippen molar-refractivity contribution in [1.29, 1.82) is 0 Å². The van der Waals surface area contributed by atoms with Gasteiger partial charge in [0.05, 0.1) is 6.20 Å². The number of rotatable bonds is 5. The predicted molar refractivity (Wildman–Crippen MR) is 91.7 cm³/mol. The second-order valence-corrected chi connectivity index (χ2v) is 6.41. The summed E-state index contributed by atoms with van der Waals surface area (Å²) in [5.74, 6) is 1.37. The number of ether oxygens (including phenoxy) is 1. The lowest BCUT2D eigenvalue weighted by molar-refractivity contribution is 0.0933. The maximum atomic E-state index is 12.6. The molecule has 1 aliphatic rings. The molecule has 1 saturated carbocycles. The largest absolute Gasteiger partial charge is 0.437 e. The average molecular weight is 337 g/mol. The van der Waals surface area contributed by atoms with E-state index in [-0.39, 0.29) is 11.9 Å². The average Bonchev–Trinajstić information content (AvgIpc) is 3.36. The first kappa shape index (κ1) is 15.6. The molecule has 1 aliphatic carbocycles. The molecular formula is C18H19N5O2. The van der Waals surface area contributed by atoms with E-state index < -0.39 is 0 Å². The lowest BCUT2D eigenvalue weighted by atomic mass is 10.2. The van der Waals surface area contributed by atoms with Crippen molar-refractivity contribution in [3.05, 3.63) is 48.3 Å². The third-order valence-corrected chi connectivity index (χ3v) is 4.43. The number of aryl methyl sites for hydroxylation is 1. The minimum Gasteiger partial charge on any atom is -0.437 e. The van der Waals surface area contributed by atoms with Crippen molar-refractivity contribution in [2.24, 2.45) is 5.92 Å². The summed E-state index contributed by atoms with van der Waals surface area (Å²) in [5.41, 5.74) is 1.68. The summed E-state index contributed by atoms with van der Waals surface area (Å²) in [6, 6.07) is 5.55. The summed E-state index contributed by atoms with van der Waals surface area (Å²) in [4.78, 5) is 25.3. The van der Waals surface area contributed by atoms with Crippen molar-refractivity contribution in [2.45, 2.75) is 32.7 Å². The number of fused-ring (bicyclic) bond motifs is 1. The molecule has 25 heavy (non-hydrogen) atoms. The van der Waals surface area contributed by atoms with E-state index >= 15 is 0 Å². The maximum absolute atomic E-state index is 12.6. The Labute approximate surface area is 145 Å². The number of pyridine rings is 1. The van der Waals surface area contributed by atoms with E-state index in [2.05, 4.69) is 20.3 Å². The Bertz CT molecular complexity index is 918. The number of hydrogen-bond donors (Lipinski definition) is 1. The van der Waals surface area contributed by atoms with Crippen molar-refractivity contribution >= 4 is 11.6 Å². The molecule has 0 unspecified atom stereocenters. The molecule has 7 heteroatoms. The summed E-state index contributed by atoms with van der Waals surface area (Å²) in [7, 11) is 0. The van der Waals surface area contributed by atoms with Crippen molar-refractivity contribution in [1.82, 2.24) is 24.7 Å². The number of imidazole rings is 1. The minimum atomic E-state index is -0.202. The minimum absolute atomic E-state index is 0.153. The summed E-state index contributed by atoms with van der Waals surface area (Å²) in [6.07, 6.45) is 7.25. The number of hydrogen-bond acceptors (Lipinski definition) is 5. The quantitative estimate of drug-likeness (QED) is 0.774. The van der Waals surface area contributed by atoms with Crippen LogP contribution in [-0.4, -0.2) is 31.3 Å². The van der Waals surface area contributed by atoms with Gasteiger partial charge in [-0.3, -0.25) is 14.2 Å². The van der Waals surface area contributed by atoms with Gasteiger partial charge in [0.2, 0.25) is 5.88 Å². The van der Waals surface area contributed by atoms with Crippen LogP contribution in [0.15, 0.2) is 36.9 Å². The van der Waals surface area contributed by atoms with Crippen molar-refractivity contribution in [3.63, 3.8) is 0 Å². The number of nitrogens with one attached hydrogen (secondary N) is 1. The van der Waals surface area contributed by atoms with Crippen LogP contribution in [-0.2, 0) is 0 Å². The molecule has 7 nitrogen and oxygen atoms in total. The molecule has 0 saturated heterocycles. The fraction of sp³-hybridized carbons (Fsp3) is 0.333. The Morgan fingerprint density at radius 2 is 2.28 bits per heavy atom. The Kier molecular flexibility index (Phi) is 3.83. The molecule has 3 aromatic heterocycles. The first-order chi connectivity index (χ1) is 12.1. The van der Waals surface area contributed by atoms with Crippen LogP contribution >= 0.6 is 0 Å². The van der Waals surface area contributed by atoms with Gasteiger partial charge in [0.1, 0.15) is 12.1 Å². The topological polar surface area (TPSA) is 81.4 Å². The van der Waals surface area contributed by atoms with Gasteiger partial charge in [-0.25, -0.2) is 4.98 Å². The summed E-state index contributed by atoms with van der Waals surface area (Å²) >= 11 is 0. The zero-order valence-electron chi connectivity index (χ0n) is 14.1. The summed E-state index contributed by atoms with van der Waals surface area (Å²) in [5, 5.41) is 3.02. The fourth-order valence-corrected chi connectivity index (χ4v) is 2.82. The van der Waals surface area contributed by atoms with Gasteiger partial charge in [-0.2, -0.15) is 4.98 Å². The van der Waals surface area contributed by atoms with E-state index in [1.165, 1.54) is 12.8 Å². The molecule has 1 fully saturated rings. The van der Waals surface area contributed by atoms with Gasteiger partial charge in [0.15, 0.2) is 11.3 Å². The van der Waals surface area contributed by atoms with E-state index in [1.807, 2.05) is 13.8 Å². The van der Waals surface area contributed by atoms with Crippen LogP contribution in [0, 0.1) is 12.8 Å². The van der Waals surface area contributed by atoms with Gasteiger partial charge >= 0.3 is 0 Å². The number of carbonyl (C=O) groups excluding carboxylic acids is 1. The maximum Gasteiger partial charge on any atom is 0.274 e. The number of nitrogens with zero attached hydrogens (tertiary/aromatic N) is 4. The van der Waals surface area contributed by atoms with E-state index in [0.717, 1.165) is 5.69 Å². The standard InChI is InChI=1S/C18H19N5O2/c1-11-8-15(25-14-4-3-7-19-9-14)22-17-16(20-10-23(11)17)18(24)21-12(2)13-5-6-13/h3-4,7-10,12-13H,5-6H2,1-2H3,(H,21,24)/t12-/m0/s1. The van der Waals surface area contributed by atoms with Crippen LogP contribution in [0.1, 0.15) is 35.9 Å². The second-order valence-electron chi connectivity index (χ2n) is 6.41. The van der Waals surface area contributed by atoms with Crippen LogP contribution in [0.2, 0.25) is 0 Å². The molecule has 0 radical (unpaired) electrons. The second kappa shape index (κ2) is 6.16. The van der Waals surface area contributed by atoms with Crippen LogP contribution in [0.3, 0.4) is 0 Å². The SMILES string of the molecule is Cc1cc(Oc2cccnc2)nc2c(C(=O)N[C@@H](C)C3CC3)ncn12. The third kappa shape index (κ3) is 3.17. The molecule has 0 aliphatic heterocycles.